The minimum Gasteiger partial charge on any atom is -0.410 e. The highest BCUT2D eigenvalue weighted by Gasteiger charge is 2.27. The fourth-order valence-electron chi connectivity index (χ4n) is 4.59. The van der Waals surface area contributed by atoms with Crippen LogP contribution in [0, 0.1) is 12.3 Å². The molecule has 1 aromatic heterocycles. The molecule has 2 aromatic rings. The largest absolute Gasteiger partial charge is 0.415 e. The highest BCUT2D eigenvalue weighted by atomic mass is 16.6. The number of carbonyl (C=O) groups is 2. The van der Waals surface area contributed by atoms with E-state index in [-0.39, 0.29) is 23.0 Å². The van der Waals surface area contributed by atoms with Gasteiger partial charge in [0.05, 0.1) is 5.69 Å². The number of aromatic nitrogens is 1. The topological polar surface area (TPSA) is 74.8 Å². The first-order valence-corrected chi connectivity index (χ1v) is 11.9. The molecular weight excluding hydrogens is 428 g/mol. The van der Waals surface area contributed by atoms with Crippen molar-refractivity contribution in [1.82, 2.24) is 20.1 Å². The Hall–Kier alpha value is -2.93. The van der Waals surface area contributed by atoms with E-state index in [0.717, 1.165) is 37.4 Å². The number of ether oxygens (including phenoxy) is 1. The van der Waals surface area contributed by atoms with E-state index < -0.39 is 0 Å². The molecule has 1 aliphatic rings. The van der Waals surface area contributed by atoms with E-state index in [1.807, 2.05) is 39.0 Å². The molecule has 2 amide bonds. The lowest BCUT2D eigenvalue weighted by Gasteiger charge is -2.33. The quantitative estimate of drug-likeness (QED) is 0.671. The summed E-state index contributed by atoms with van der Waals surface area (Å²) in [6, 6.07) is 12.8. The fourth-order valence-corrected chi connectivity index (χ4v) is 4.59. The van der Waals surface area contributed by atoms with Gasteiger partial charge in [-0.25, -0.2) is 4.79 Å². The molecule has 0 aliphatic carbocycles. The molecule has 7 heteroatoms. The Kier molecular flexibility index (Phi) is 7.97. The molecule has 1 saturated heterocycles. The molecule has 0 atom stereocenters. The smallest absolute Gasteiger partial charge is 0.410 e. The summed E-state index contributed by atoms with van der Waals surface area (Å²) in [5.74, 6) is 0.299. The van der Waals surface area contributed by atoms with Gasteiger partial charge in [-0.05, 0) is 69.0 Å². The number of benzene rings is 1. The van der Waals surface area contributed by atoms with Crippen molar-refractivity contribution >= 4 is 12.0 Å². The number of nitrogens with one attached hydrogen (secondary N) is 1. The maximum absolute atomic E-state index is 12.7. The lowest BCUT2D eigenvalue weighted by molar-refractivity contribution is 0.0891. The van der Waals surface area contributed by atoms with Crippen molar-refractivity contribution in [2.45, 2.75) is 60.0 Å². The first kappa shape index (κ1) is 25.7. The lowest BCUT2D eigenvalue weighted by atomic mass is 9.81. The maximum Gasteiger partial charge on any atom is 0.415 e. The Balaban J connectivity index is 1.48. The van der Waals surface area contributed by atoms with Crippen LogP contribution in [0.25, 0.3) is 0 Å². The average molecular weight is 467 g/mol. The number of piperazine rings is 1. The third-order valence-corrected chi connectivity index (χ3v) is 5.71. The van der Waals surface area contributed by atoms with Gasteiger partial charge < -0.3 is 15.0 Å². The van der Waals surface area contributed by atoms with Crippen molar-refractivity contribution in [2.24, 2.45) is 5.41 Å². The molecule has 1 aromatic carbocycles. The van der Waals surface area contributed by atoms with E-state index in [4.69, 9.17) is 4.74 Å². The second kappa shape index (κ2) is 10.6. The van der Waals surface area contributed by atoms with E-state index in [0.29, 0.717) is 24.4 Å². The summed E-state index contributed by atoms with van der Waals surface area (Å²) < 4.78 is 5.55. The zero-order valence-electron chi connectivity index (χ0n) is 21.4. The van der Waals surface area contributed by atoms with Crippen molar-refractivity contribution in [2.75, 3.05) is 26.2 Å². The van der Waals surface area contributed by atoms with Crippen molar-refractivity contribution in [3.05, 3.63) is 59.4 Å². The molecule has 34 heavy (non-hydrogen) atoms. The Morgan fingerprint density at radius 1 is 0.971 bits per heavy atom. The molecule has 0 unspecified atom stereocenters. The third kappa shape index (κ3) is 7.83. The maximum atomic E-state index is 12.7. The van der Waals surface area contributed by atoms with Crippen LogP contribution in [-0.4, -0.2) is 58.5 Å². The zero-order valence-corrected chi connectivity index (χ0v) is 21.4. The number of amides is 2. The molecule has 2 heterocycles. The first-order chi connectivity index (χ1) is 15.9. The van der Waals surface area contributed by atoms with Gasteiger partial charge in [-0.3, -0.25) is 14.7 Å². The molecule has 0 saturated carbocycles. The van der Waals surface area contributed by atoms with Gasteiger partial charge in [0.15, 0.2) is 0 Å². The van der Waals surface area contributed by atoms with Gasteiger partial charge in [0, 0.05) is 49.5 Å². The summed E-state index contributed by atoms with van der Waals surface area (Å²) in [5.41, 5.74) is 2.38. The molecule has 7 nitrogen and oxygen atoms in total. The van der Waals surface area contributed by atoms with Gasteiger partial charge in [0.25, 0.3) is 5.91 Å². The van der Waals surface area contributed by atoms with Crippen LogP contribution in [0.4, 0.5) is 4.79 Å². The van der Waals surface area contributed by atoms with Crippen LogP contribution in [0.15, 0.2) is 42.5 Å². The van der Waals surface area contributed by atoms with Crippen LogP contribution >= 0.6 is 0 Å². The van der Waals surface area contributed by atoms with Crippen LogP contribution in [0.5, 0.6) is 5.75 Å². The van der Waals surface area contributed by atoms with E-state index in [2.05, 4.69) is 36.0 Å². The van der Waals surface area contributed by atoms with Crippen molar-refractivity contribution < 1.29 is 14.3 Å². The molecule has 0 bridgehead atoms. The molecule has 1 aliphatic heterocycles. The fraction of sp³-hybridized carbons (Fsp3) is 0.519. The summed E-state index contributed by atoms with van der Waals surface area (Å²) in [7, 11) is 0. The molecule has 184 valence electrons. The predicted molar refractivity (Wildman–Crippen MR) is 134 cm³/mol. The van der Waals surface area contributed by atoms with E-state index in [1.165, 1.54) is 0 Å². The van der Waals surface area contributed by atoms with Crippen LogP contribution in [0.2, 0.25) is 0 Å². The summed E-state index contributed by atoms with van der Waals surface area (Å²) in [6.07, 6.45) is 0.493. The summed E-state index contributed by atoms with van der Waals surface area (Å²) in [5, 5.41) is 3.10. The number of pyridine rings is 1. The number of nitrogens with zero attached hydrogens (tertiary/aromatic N) is 3. The number of aryl methyl sites for hydroxylation is 1. The van der Waals surface area contributed by atoms with Gasteiger partial charge in [-0.2, -0.15) is 0 Å². The molecule has 0 radical (unpaired) electrons. The summed E-state index contributed by atoms with van der Waals surface area (Å²) in [4.78, 5) is 33.8. The third-order valence-electron chi connectivity index (χ3n) is 5.71. The lowest BCUT2D eigenvalue weighted by Crippen LogP contribution is -2.49. The van der Waals surface area contributed by atoms with E-state index >= 15 is 0 Å². The van der Waals surface area contributed by atoms with Gasteiger partial charge in [0.1, 0.15) is 5.75 Å². The molecule has 1 N–H and O–H groups in total. The second-order valence-corrected chi connectivity index (χ2v) is 11.0. The van der Waals surface area contributed by atoms with Gasteiger partial charge in [0.2, 0.25) is 0 Å². The van der Waals surface area contributed by atoms with Gasteiger partial charge >= 0.3 is 6.09 Å². The zero-order chi connectivity index (χ0) is 24.9. The van der Waals surface area contributed by atoms with Crippen LogP contribution < -0.4 is 10.1 Å². The van der Waals surface area contributed by atoms with Crippen molar-refractivity contribution in [3.8, 4) is 5.75 Å². The predicted octanol–water partition coefficient (Wildman–Crippen LogP) is 4.65. The monoisotopic (exact) mass is 466 g/mol. The van der Waals surface area contributed by atoms with Crippen molar-refractivity contribution in [1.29, 1.82) is 0 Å². The Morgan fingerprint density at radius 2 is 1.62 bits per heavy atom. The molecule has 1 fully saturated rings. The normalized spacial score (nSPS) is 15.2. The average Bonchev–Trinajstić information content (AvgIpc) is 2.72. The van der Waals surface area contributed by atoms with Crippen LogP contribution in [0.1, 0.15) is 62.8 Å². The second-order valence-electron chi connectivity index (χ2n) is 11.0. The van der Waals surface area contributed by atoms with Gasteiger partial charge in [-0.1, -0.05) is 26.8 Å². The SMILES string of the molecule is Cc1cccc(CN2CCN(C(=O)Oc3ccc(C(=O)NC(C)(C)CC(C)(C)C)cc3)CC2)n1. The number of hydrogen-bond acceptors (Lipinski definition) is 5. The Bertz CT molecular complexity index is 988. The number of hydrogen-bond donors (Lipinski definition) is 1. The van der Waals surface area contributed by atoms with E-state index in [1.54, 1.807) is 29.2 Å². The van der Waals surface area contributed by atoms with Crippen LogP contribution in [0.3, 0.4) is 0 Å². The van der Waals surface area contributed by atoms with Crippen molar-refractivity contribution in [3.63, 3.8) is 0 Å². The molecule has 3 rings (SSSR count). The van der Waals surface area contributed by atoms with Crippen LogP contribution in [-0.2, 0) is 6.54 Å². The highest BCUT2D eigenvalue weighted by molar-refractivity contribution is 5.94. The summed E-state index contributed by atoms with van der Waals surface area (Å²) >= 11 is 0. The van der Waals surface area contributed by atoms with Gasteiger partial charge in [-0.15, -0.1) is 0 Å². The standard InChI is InChI=1S/C27H38N4O3/c1-20-8-7-9-22(28-20)18-30-14-16-31(17-15-30)25(33)34-23-12-10-21(11-13-23)24(32)29-27(5,6)19-26(2,3)4/h7-13H,14-19H2,1-6H3,(H,29,32). The Morgan fingerprint density at radius 3 is 2.21 bits per heavy atom. The molecule has 0 spiro atoms. The Labute approximate surface area is 203 Å². The number of carbonyl (C=O) groups excluding carboxylic acids is 2. The molecular formula is C27H38N4O3. The summed E-state index contributed by atoms with van der Waals surface area (Å²) in [6.45, 7) is 16.1. The number of rotatable bonds is 6. The van der Waals surface area contributed by atoms with E-state index in [9.17, 15) is 9.59 Å². The minimum absolute atomic E-state index is 0.109. The highest BCUT2D eigenvalue weighted by Crippen LogP contribution is 2.27. The minimum atomic E-state index is -0.364. The first-order valence-electron chi connectivity index (χ1n) is 11.9.